The van der Waals surface area contributed by atoms with E-state index in [0.717, 1.165) is 6.07 Å². The van der Waals surface area contributed by atoms with Crippen LogP contribution in [-0.4, -0.2) is 22.4 Å². The summed E-state index contributed by atoms with van der Waals surface area (Å²) in [5.41, 5.74) is 2.14. The first kappa shape index (κ1) is 23.1. The van der Waals surface area contributed by atoms with Crippen LogP contribution in [0.4, 0.5) is 33.7 Å². The van der Waals surface area contributed by atoms with E-state index < -0.39 is 47.1 Å². The minimum atomic E-state index is -4.69. The molecule has 1 heterocycles. The highest BCUT2D eigenvalue weighted by molar-refractivity contribution is 6.02. The zero-order valence-electron chi connectivity index (χ0n) is 15.3. The van der Waals surface area contributed by atoms with Crippen molar-refractivity contribution in [2.75, 3.05) is 17.7 Å². The van der Waals surface area contributed by atoms with Gasteiger partial charge in [-0.25, -0.2) is 8.78 Å². The molecule has 0 aliphatic rings. The molecule has 6 nitrogen and oxygen atoms in total. The Morgan fingerprint density at radius 1 is 1.36 bits per heavy atom. The molecule has 0 aliphatic heterocycles. The van der Waals surface area contributed by atoms with Gasteiger partial charge in [0, 0.05) is 5.56 Å². The molecule has 0 saturated heterocycles. The number of alkyl halides is 4. The van der Waals surface area contributed by atoms with Crippen molar-refractivity contribution in [3.05, 3.63) is 51.1 Å². The van der Waals surface area contributed by atoms with Gasteiger partial charge in [0.2, 0.25) is 5.95 Å². The summed E-state index contributed by atoms with van der Waals surface area (Å²) in [4.78, 5) is 17.7. The molecule has 5 N–H and O–H groups in total. The van der Waals surface area contributed by atoms with E-state index in [0.29, 0.717) is 12.1 Å². The van der Waals surface area contributed by atoms with E-state index in [1.807, 2.05) is 13.8 Å². The molecule has 0 radical (unpaired) electrons. The minimum Gasteiger partial charge on any atom is -0.369 e. The van der Waals surface area contributed by atoms with Crippen molar-refractivity contribution in [3.63, 3.8) is 0 Å². The number of nitrogen functional groups attached to an aromatic ring is 1. The van der Waals surface area contributed by atoms with Gasteiger partial charge in [0.1, 0.15) is 23.9 Å². The van der Waals surface area contributed by atoms with Gasteiger partial charge in [-0.2, -0.15) is 18.2 Å². The summed E-state index contributed by atoms with van der Waals surface area (Å²) in [7, 11) is 0. The fourth-order valence-electron chi connectivity index (χ4n) is 2.28. The number of hydrogen-bond donors (Lipinski definition) is 4. The van der Waals surface area contributed by atoms with Gasteiger partial charge in [0.05, 0.1) is 17.3 Å². The number of benzene rings is 1. The summed E-state index contributed by atoms with van der Waals surface area (Å²) >= 11 is 0. The number of nitrogens with zero attached hydrogens (tertiary/aromatic N) is 1. The Bertz CT molecular complexity index is 894. The molecular weight excluding hydrogens is 385 g/mol. The lowest BCUT2D eigenvalue weighted by atomic mass is 10.0. The molecule has 2 rings (SSSR count). The van der Waals surface area contributed by atoms with Gasteiger partial charge >= 0.3 is 6.18 Å². The molecule has 0 amide bonds. The number of aromatic nitrogens is 2. The third-order valence-corrected chi connectivity index (χ3v) is 3.52. The highest BCUT2D eigenvalue weighted by atomic mass is 19.4. The number of nitrogens with one attached hydrogen (secondary N) is 3. The third kappa shape index (κ3) is 5.27. The van der Waals surface area contributed by atoms with E-state index in [2.05, 4.69) is 15.3 Å². The number of anilines is 2. The van der Waals surface area contributed by atoms with E-state index in [-0.39, 0.29) is 17.3 Å². The van der Waals surface area contributed by atoms with Gasteiger partial charge in [-0.1, -0.05) is 19.9 Å². The van der Waals surface area contributed by atoms with Crippen molar-refractivity contribution >= 4 is 17.5 Å². The number of nitrogens with two attached hydrogens (primary N) is 1. The van der Waals surface area contributed by atoms with Crippen LogP contribution >= 0.6 is 0 Å². The Kier molecular flexibility index (Phi) is 7.65. The monoisotopic (exact) mass is 405 g/mol. The van der Waals surface area contributed by atoms with E-state index in [9.17, 15) is 26.7 Å². The molecule has 11 heteroatoms. The Hall–Kier alpha value is -2.98. The van der Waals surface area contributed by atoms with Gasteiger partial charge in [-0.05, 0) is 19.1 Å². The standard InChI is InChI=1S/C15H14F5N5O.C2H6/c1-6(8-3-2-7(4-9(8)17)15(18,19)20)23-12-11(10(21)5-16)13(26)25-14(22)24-12;1-2/h2-4,6,21H,5H2,1H3,(H4,22,23,24,25,26);1-2H3. The molecule has 0 bridgehead atoms. The predicted molar refractivity (Wildman–Crippen MR) is 96.9 cm³/mol. The molecule has 1 atom stereocenters. The quantitative estimate of drug-likeness (QED) is 0.445. The van der Waals surface area contributed by atoms with Crippen molar-refractivity contribution in [1.82, 2.24) is 9.97 Å². The van der Waals surface area contributed by atoms with Crippen molar-refractivity contribution in [3.8, 4) is 0 Å². The molecule has 0 fully saturated rings. The van der Waals surface area contributed by atoms with Crippen molar-refractivity contribution in [1.29, 1.82) is 5.41 Å². The Morgan fingerprint density at radius 2 is 1.96 bits per heavy atom. The van der Waals surface area contributed by atoms with Crippen LogP contribution in [0.25, 0.3) is 0 Å². The van der Waals surface area contributed by atoms with Crippen LogP contribution < -0.4 is 16.6 Å². The van der Waals surface area contributed by atoms with Crippen LogP contribution in [0.2, 0.25) is 0 Å². The van der Waals surface area contributed by atoms with E-state index in [1.165, 1.54) is 6.92 Å². The smallest absolute Gasteiger partial charge is 0.369 e. The first-order valence-electron chi connectivity index (χ1n) is 8.21. The summed E-state index contributed by atoms with van der Waals surface area (Å²) in [6, 6.07) is 1.04. The van der Waals surface area contributed by atoms with Crippen LogP contribution in [0.5, 0.6) is 0 Å². The van der Waals surface area contributed by atoms with Gasteiger partial charge in [-0.3, -0.25) is 9.78 Å². The van der Waals surface area contributed by atoms with E-state index >= 15 is 0 Å². The second-order valence-corrected chi connectivity index (χ2v) is 5.39. The first-order chi connectivity index (χ1) is 13.0. The number of halogens is 5. The third-order valence-electron chi connectivity index (χ3n) is 3.52. The Labute approximate surface area is 157 Å². The molecule has 154 valence electrons. The lowest BCUT2D eigenvalue weighted by Gasteiger charge is -2.18. The maximum absolute atomic E-state index is 14.1. The highest BCUT2D eigenvalue weighted by Crippen LogP contribution is 2.32. The van der Waals surface area contributed by atoms with Crippen LogP contribution in [0, 0.1) is 11.2 Å². The normalized spacial score (nSPS) is 12.0. The average molecular weight is 405 g/mol. The molecule has 1 unspecified atom stereocenters. The van der Waals surface area contributed by atoms with Crippen LogP contribution in [0.3, 0.4) is 0 Å². The maximum Gasteiger partial charge on any atom is 0.416 e. The molecule has 0 aliphatic carbocycles. The summed E-state index contributed by atoms with van der Waals surface area (Å²) in [5.74, 6) is -1.73. The molecule has 0 saturated carbocycles. The van der Waals surface area contributed by atoms with E-state index in [1.54, 1.807) is 0 Å². The number of rotatable bonds is 5. The number of hydrogen-bond acceptors (Lipinski definition) is 5. The Morgan fingerprint density at radius 3 is 2.46 bits per heavy atom. The van der Waals surface area contributed by atoms with Crippen molar-refractivity contribution in [2.24, 2.45) is 0 Å². The summed E-state index contributed by atoms with van der Waals surface area (Å²) < 4.78 is 64.7. The predicted octanol–water partition coefficient (Wildman–Crippen LogP) is 4.05. The molecule has 28 heavy (non-hydrogen) atoms. The fourth-order valence-corrected chi connectivity index (χ4v) is 2.28. The van der Waals surface area contributed by atoms with Crippen molar-refractivity contribution in [2.45, 2.75) is 33.0 Å². The second kappa shape index (κ2) is 9.29. The van der Waals surface area contributed by atoms with Crippen molar-refractivity contribution < 1.29 is 22.0 Å². The molecule has 0 spiro atoms. The summed E-state index contributed by atoms with van der Waals surface area (Å²) in [6.45, 7) is 4.14. The van der Waals surface area contributed by atoms with Crippen LogP contribution in [-0.2, 0) is 6.18 Å². The Balaban J connectivity index is 0.00000190. The lowest BCUT2D eigenvalue weighted by Crippen LogP contribution is -2.25. The largest absolute Gasteiger partial charge is 0.416 e. The zero-order chi connectivity index (χ0) is 21.6. The van der Waals surface area contributed by atoms with Crippen LogP contribution in [0.1, 0.15) is 43.5 Å². The van der Waals surface area contributed by atoms with Gasteiger partial charge in [0.25, 0.3) is 5.56 Å². The maximum atomic E-state index is 14.1. The summed E-state index contributed by atoms with van der Waals surface area (Å²) in [5, 5.41) is 10.1. The zero-order valence-corrected chi connectivity index (χ0v) is 15.3. The topological polar surface area (TPSA) is 108 Å². The first-order valence-corrected chi connectivity index (χ1v) is 8.21. The molecule has 2 aromatic rings. The molecule has 1 aromatic carbocycles. The molecular formula is C17H20F5N5O. The molecule has 1 aromatic heterocycles. The second-order valence-electron chi connectivity index (χ2n) is 5.39. The van der Waals surface area contributed by atoms with Gasteiger partial charge in [-0.15, -0.1) is 0 Å². The summed E-state index contributed by atoms with van der Waals surface area (Å²) in [6.07, 6.45) is -4.69. The van der Waals surface area contributed by atoms with Gasteiger partial charge < -0.3 is 16.5 Å². The fraction of sp³-hybridized carbons (Fsp3) is 0.353. The van der Waals surface area contributed by atoms with Crippen LogP contribution in [0.15, 0.2) is 23.0 Å². The SMILES string of the molecule is CC.CC(Nc1nc(N)[nH]c(=O)c1C(=N)CF)c1ccc(C(F)(F)F)cc1F. The minimum absolute atomic E-state index is 0.142. The van der Waals surface area contributed by atoms with E-state index in [4.69, 9.17) is 11.1 Å². The van der Waals surface area contributed by atoms with Gasteiger partial charge in [0.15, 0.2) is 0 Å². The highest BCUT2D eigenvalue weighted by Gasteiger charge is 2.31. The number of H-pyrrole nitrogens is 1. The average Bonchev–Trinajstić information content (AvgIpc) is 2.61. The number of aromatic amines is 1. The lowest BCUT2D eigenvalue weighted by molar-refractivity contribution is -0.137.